The first kappa shape index (κ1) is 20.7. The van der Waals surface area contributed by atoms with Crippen LogP contribution >= 0.6 is 11.8 Å². The number of rotatable bonds is 4. The molecule has 0 aliphatic rings. The van der Waals surface area contributed by atoms with Crippen LogP contribution in [0.15, 0.2) is 40.4 Å². The quantitative estimate of drug-likeness (QED) is 0.410. The number of hydrogen-bond acceptors (Lipinski definition) is 5. The number of aromatic nitrogens is 1. The molecular weight excluding hydrogens is 400 g/mol. The highest BCUT2D eigenvalue weighted by atomic mass is 32.2. The number of benzene rings is 1. The molecule has 2 aromatic rings. The highest BCUT2D eigenvalue weighted by Gasteiger charge is 2.40. The fourth-order valence-corrected chi connectivity index (χ4v) is 3.14. The van der Waals surface area contributed by atoms with Crippen LogP contribution in [0.4, 0.5) is 26.3 Å². The van der Waals surface area contributed by atoms with Crippen LogP contribution in [0.1, 0.15) is 31.8 Å². The molecule has 11 heteroatoms. The van der Waals surface area contributed by atoms with E-state index in [1.807, 2.05) is 0 Å². The Balaban J connectivity index is 2.70. The topological polar surface area (TPSA) is 56.3 Å². The Morgan fingerprint density at radius 2 is 1.81 bits per heavy atom. The summed E-state index contributed by atoms with van der Waals surface area (Å²) in [7, 11) is 1.04. The van der Waals surface area contributed by atoms with Crippen molar-refractivity contribution in [3.05, 3.63) is 52.7 Å². The molecule has 0 N–H and O–H groups in total. The predicted molar refractivity (Wildman–Crippen MR) is 81.5 cm³/mol. The van der Waals surface area contributed by atoms with E-state index in [1.165, 1.54) is 18.3 Å². The van der Waals surface area contributed by atoms with E-state index in [4.69, 9.17) is 0 Å². The smallest absolute Gasteiger partial charge is 0.417 e. The summed E-state index contributed by atoms with van der Waals surface area (Å²) in [6.45, 7) is 0. The number of ether oxygens (including phenoxy) is 1. The third kappa shape index (κ3) is 4.59. The van der Waals surface area contributed by atoms with E-state index in [1.54, 1.807) is 0 Å². The Kier molecular flexibility index (Phi) is 5.83. The van der Waals surface area contributed by atoms with Crippen LogP contribution in [0, 0.1) is 0 Å². The number of carbonyl (C=O) groups excluding carboxylic acids is 2. The van der Waals surface area contributed by atoms with Crippen LogP contribution in [0.2, 0.25) is 0 Å². The van der Waals surface area contributed by atoms with E-state index in [2.05, 4.69) is 9.72 Å². The molecular formula is C16H9F6NO3S. The summed E-state index contributed by atoms with van der Waals surface area (Å²) in [4.78, 5) is 25.9. The molecule has 0 atom stereocenters. The summed E-state index contributed by atoms with van der Waals surface area (Å²) in [5, 5.41) is -0.252. The molecule has 4 nitrogen and oxygen atoms in total. The molecule has 0 saturated heterocycles. The molecule has 0 saturated carbocycles. The summed E-state index contributed by atoms with van der Waals surface area (Å²) in [6.07, 6.45) is -9.20. The van der Waals surface area contributed by atoms with E-state index in [0.717, 1.165) is 7.11 Å². The fourth-order valence-electron chi connectivity index (χ4n) is 2.06. The van der Waals surface area contributed by atoms with Crippen LogP contribution < -0.4 is 0 Å². The standard InChI is InChI=1S/C16H9F6NO3S/c1-26-14(25)10-3-2-4-23-13(10)27-12-8(7-24)5-9(15(17,18)19)6-11(12)16(20,21)22/h2-7H,1H3. The van der Waals surface area contributed by atoms with Crippen molar-refractivity contribution in [2.45, 2.75) is 22.3 Å². The molecule has 0 spiro atoms. The predicted octanol–water partition coefficient (Wildman–Crippen LogP) is 4.87. The van der Waals surface area contributed by atoms with Crippen LogP contribution in [-0.4, -0.2) is 24.3 Å². The molecule has 0 aliphatic carbocycles. The number of pyridine rings is 1. The zero-order valence-electron chi connectivity index (χ0n) is 13.3. The molecule has 1 aromatic carbocycles. The molecule has 0 fully saturated rings. The van der Waals surface area contributed by atoms with Gasteiger partial charge in [0.25, 0.3) is 0 Å². The maximum Gasteiger partial charge on any atom is 0.417 e. The van der Waals surface area contributed by atoms with Crippen LogP contribution in [-0.2, 0) is 17.1 Å². The Labute approximate surface area is 152 Å². The van der Waals surface area contributed by atoms with Gasteiger partial charge in [0, 0.05) is 16.7 Å². The highest BCUT2D eigenvalue weighted by molar-refractivity contribution is 7.99. The van der Waals surface area contributed by atoms with Crippen molar-refractivity contribution in [2.75, 3.05) is 7.11 Å². The summed E-state index contributed by atoms with van der Waals surface area (Å²) in [5.41, 5.74) is -4.31. The van der Waals surface area contributed by atoms with Gasteiger partial charge in [-0.1, -0.05) is 11.8 Å². The van der Waals surface area contributed by atoms with Crippen molar-refractivity contribution in [3.8, 4) is 0 Å². The number of carbonyl (C=O) groups is 2. The van der Waals surface area contributed by atoms with Crippen LogP contribution in [0.25, 0.3) is 0 Å². The maximum absolute atomic E-state index is 13.4. The highest BCUT2D eigenvalue weighted by Crippen LogP contribution is 2.44. The van der Waals surface area contributed by atoms with Crippen molar-refractivity contribution in [1.82, 2.24) is 4.98 Å². The molecule has 144 valence electrons. The molecule has 0 unspecified atom stereocenters. The molecule has 0 radical (unpaired) electrons. The van der Waals surface area contributed by atoms with Gasteiger partial charge < -0.3 is 4.74 Å². The third-order valence-corrected chi connectivity index (χ3v) is 4.43. The lowest BCUT2D eigenvalue weighted by Crippen LogP contribution is -2.14. The van der Waals surface area contributed by atoms with E-state index in [-0.39, 0.29) is 34.7 Å². The van der Waals surface area contributed by atoms with Gasteiger partial charge in [0.15, 0.2) is 6.29 Å². The molecule has 1 heterocycles. The molecule has 1 aromatic heterocycles. The number of methoxy groups -OCH3 is 1. The Morgan fingerprint density at radius 3 is 2.33 bits per heavy atom. The fraction of sp³-hybridized carbons (Fsp3) is 0.188. The van der Waals surface area contributed by atoms with E-state index in [9.17, 15) is 35.9 Å². The average molecular weight is 409 g/mol. The van der Waals surface area contributed by atoms with Crippen molar-refractivity contribution < 1.29 is 40.7 Å². The molecule has 0 aliphatic heterocycles. The second kappa shape index (κ2) is 7.59. The second-order valence-corrected chi connectivity index (χ2v) is 6.00. The SMILES string of the molecule is COC(=O)c1cccnc1Sc1c(C=O)cc(C(F)(F)F)cc1C(F)(F)F. The minimum atomic E-state index is -5.18. The summed E-state index contributed by atoms with van der Waals surface area (Å²) >= 11 is 0.251. The summed E-state index contributed by atoms with van der Waals surface area (Å²) in [5.74, 6) is -0.904. The molecule has 27 heavy (non-hydrogen) atoms. The summed E-state index contributed by atoms with van der Waals surface area (Å²) < 4.78 is 83.2. The monoisotopic (exact) mass is 409 g/mol. The number of esters is 1. The number of halogens is 6. The third-order valence-electron chi connectivity index (χ3n) is 3.25. The average Bonchev–Trinajstić information content (AvgIpc) is 2.59. The lowest BCUT2D eigenvalue weighted by Gasteiger charge is -2.18. The van der Waals surface area contributed by atoms with Gasteiger partial charge in [0.2, 0.25) is 0 Å². The molecule has 2 rings (SSSR count). The maximum atomic E-state index is 13.4. The lowest BCUT2D eigenvalue weighted by atomic mass is 10.1. The van der Waals surface area contributed by atoms with Gasteiger partial charge in [0.1, 0.15) is 5.03 Å². The Morgan fingerprint density at radius 1 is 1.15 bits per heavy atom. The largest absolute Gasteiger partial charge is 0.465 e. The first-order chi connectivity index (χ1) is 12.5. The van der Waals surface area contributed by atoms with Crippen molar-refractivity contribution in [1.29, 1.82) is 0 Å². The Bertz CT molecular complexity index is 879. The zero-order valence-corrected chi connectivity index (χ0v) is 14.1. The van der Waals surface area contributed by atoms with Crippen LogP contribution in [0.5, 0.6) is 0 Å². The number of nitrogens with zero attached hydrogens (tertiary/aromatic N) is 1. The normalized spacial score (nSPS) is 12.0. The van der Waals surface area contributed by atoms with Gasteiger partial charge in [0.05, 0.1) is 23.8 Å². The van der Waals surface area contributed by atoms with E-state index < -0.39 is 39.9 Å². The van der Waals surface area contributed by atoms with Crippen LogP contribution in [0.3, 0.4) is 0 Å². The van der Waals surface area contributed by atoms with Gasteiger partial charge in [-0.3, -0.25) is 4.79 Å². The summed E-state index contributed by atoms with van der Waals surface area (Å²) in [6, 6.07) is 2.77. The molecule has 0 amide bonds. The van der Waals surface area contributed by atoms with Gasteiger partial charge >= 0.3 is 18.3 Å². The Hall–Kier alpha value is -2.56. The molecule has 0 bridgehead atoms. The number of hydrogen-bond donors (Lipinski definition) is 0. The van der Waals surface area contributed by atoms with Gasteiger partial charge in [-0.15, -0.1) is 0 Å². The zero-order chi connectivity index (χ0) is 20.4. The van der Waals surface area contributed by atoms with Crippen molar-refractivity contribution >= 4 is 24.0 Å². The van der Waals surface area contributed by atoms with Crippen molar-refractivity contribution in [3.63, 3.8) is 0 Å². The van der Waals surface area contributed by atoms with Gasteiger partial charge in [-0.05, 0) is 24.3 Å². The van der Waals surface area contributed by atoms with E-state index >= 15 is 0 Å². The second-order valence-electron chi connectivity index (χ2n) is 5.01. The van der Waals surface area contributed by atoms with Crippen molar-refractivity contribution in [2.24, 2.45) is 0 Å². The lowest BCUT2D eigenvalue weighted by molar-refractivity contribution is -0.144. The first-order valence-corrected chi connectivity index (χ1v) is 7.79. The first-order valence-electron chi connectivity index (χ1n) is 6.97. The minimum absolute atomic E-state index is 0.0872. The van der Waals surface area contributed by atoms with Gasteiger partial charge in [-0.25, -0.2) is 9.78 Å². The van der Waals surface area contributed by atoms with E-state index in [0.29, 0.717) is 6.07 Å². The number of aldehydes is 1. The van der Waals surface area contributed by atoms with Gasteiger partial charge in [-0.2, -0.15) is 26.3 Å². The number of alkyl halides is 6. The minimum Gasteiger partial charge on any atom is -0.465 e.